The Kier molecular flexibility index (Phi) is 2.56. The minimum Gasteiger partial charge on any atom is -0.508 e. The highest BCUT2D eigenvalue weighted by atomic mass is 16.5. The summed E-state index contributed by atoms with van der Waals surface area (Å²) in [7, 11) is 1.61. The first-order chi connectivity index (χ1) is 9.19. The van der Waals surface area contributed by atoms with Crippen LogP contribution in [0.2, 0.25) is 0 Å². The van der Waals surface area contributed by atoms with Crippen molar-refractivity contribution in [2.75, 3.05) is 12.8 Å². The summed E-state index contributed by atoms with van der Waals surface area (Å²) in [6.07, 6.45) is 0. The first kappa shape index (κ1) is 11.5. The first-order valence-corrected chi connectivity index (χ1v) is 5.93. The molecule has 0 unspecified atom stereocenters. The average Bonchev–Trinajstić information content (AvgIpc) is 2.83. The molecule has 0 saturated heterocycles. The number of phenolic OH excluding ortho intramolecular Hbond substituents is 1. The topological polar surface area (TPSA) is 71.3 Å². The summed E-state index contributed by atoms with van der Waals surface area (Å²) in [6, 6.07) is 12.8. The van der Waals surface area contributed by atoms with E-state index in [1.165, 1.54) is 0 Å². The molecule has 4 heteroatoms. The Morgan fingerprint density at radius 3 is 2.53 bits per heavy atom. The van der Waals surface area contributed by atoms with Crippen LogP contribution in [0.4, 0.5) is 5.69 Å². The van der Waals surface area contributed by atoms with Crippen molar-refractivity contribution in [3.8, 4) is 22.8 Å². The van der Waals surface area contributed by atoms with Crippen LogP contribution in [-0.4, -0.2) is 17.2 Å². The summed E-state index contributed by atoms with van der Waals surface area (Å²) in [5.41, 5.74) is 9.43. The number of H-pyrrole nitrogens is 1. The van der Waals surface area contributed by atoms with Gasteiger partial charge in [-0.3, -0.25) is 0 Å². The van der Waals surface area contributed by atoms with Gasteiger partial charge >= 0.3 is 0 Å². The Bertz CT molecular complexity index is 730. The molecule has 19 heavy (non-hydrogen) atoms. The van der Waals surface area contributed by atoms with Crippen LogP contribution in [0.3, 0.4) is 0 Å². The van der Waals surface area contributed by atoms with Crippen LogP contribution in [-0.2, 0) is 0 Å². The lowest BCUT2D eigenvalue weighted by molar-refractivity contribution is 0.422. The zero-order valence-electron chi connectivity index (χ0n) is 10.5. The van der Waals surface area contributed by atoms with Crippen LogP contribution in [0.25, 0.3) is 22.2 Å². The van der Waals surface area contributed by atoms with Crippen LogP contribution in [0, 0.1) is 0 Å². The number of nitrogens with one attached hydrogen (secondary N) is 1. The van der Waals surface area contributed by atoms with E-state index in [0.29, 0.717) is 11.4 Å². The fourth-order valence-corrected chi connectivity index (χ4v) is 2.22. The van der Waals surface area contributed by atoms with Crippen LogP contribution in [0.1, 0.15) is 0 Å². The number of nitrogen functional groups attached to an aromatic ring is 1. The number of ether oxygens (including phenoxy) is 1. The van der Waals surface area contributed by atoms with E-state index in [0.717, 1.165) is 22.2 Å². The normalized spacial score (nSPS) is 10.8. The van der Waals surface area contributed by atoms with Crippen molar-refractivity contribution in [3.05, 3.63) is 42.5 Å². The minimum absolute atomic E-state index is 0.252. The molecule has 4 nitrogen and oxygen atoms in total. The average molecular weight is 254 g/mol. The summed E-state index contributed by atoms with van der Waals surface area (Å²) in [4.78, 5) is 3.32. The Balaban J connectivity index is 2.19. The van der Waals surface area contributed by atoms with Crippen molar-refractivity contribution in [2.45, 2.75) is 0 Å². The van der Waals surface area contributed by atoms with Crippen molar-refractivity contribution in [3.63, 3.8) is 0 Å². The quantitative estimate of drug-likeness (QED) is 0.615. The Morgan fingerprint density at radius 1 is 1.11 bits per heavy atom. The van der Waals surface area contributed by atoms with Crippen LogP contribution < -0.4 is 10.5 Å². The molecule has 0 aliphatic carbocycles. The third-order valence-corrected chi connectivity index (χ3v) is 3.17. The Labute approximate surface area is 110 Å². The highest BCUT2D eigenvalue weighted by Crippen LogP contribution is 2.34. The fraction of sp³-hybridized carbons (Fsp3) is 0.0667. The number of hydrogen-bond donors (Lipinski definition) is 3. The number of hydrogen-bond acceptors (Lipinski definition) is 3. The molecule has 0 bridgehead atoms. The van der Waals surface area contributed by atoms with E-state index in [2.05, 4.69) is 4.98 Å². The molecule has 0 saturated carbocycles. The fourth-order valence-electron chi connectivity index (χ4n) is 2.22. The van der Waals surface area contributed by atoms with Gasteiger partial charge in [-0.05, 0) is 48.0 Å². The largest absolute Gasteiger partial charge is 0.508 e. The molecular weight excluding hydrogens is 240 g/mol. The molecule has 0 radical (unpaired) electrons. The number of fused-ring (bicyclic) bond motifs is 1. The van der Waals surface area contributed by atoms with Crippen LogP contribution in [0.5, 0.6) is 11.5 Å². The summed E-state index contributed by atoms with van der Waals surface area (Å²) < 4.78 is 5.34. The van der Waals surface area contributed by atoms with Crippen molar-refractivity contribution >= 4 is 16.6 Å². The number of anilines is 1. The molecule has 96 valence electrons. The summed E-state index contributed by atoms with van der Waals surface area (Å²) in [5, 5.41) is 10.3. The second-order valence-electron chi connectivity index (χ2n) is 4.38. The van der Waals surface area contributed by atoms with E-state index in [1.54, 1.807) is 19.2 Å². The number of aromatic hydroxyl groups is 1. The van der Waals surface area contributed by atoms with Gasteiger partial charge in [0.05, 0.1) is 12.8 Å². The predicted molar refractivity (Wildman–Crippen MR) is 76.4 cm³/mol. The lowest BCUT2D eigenvalue weighted by Gasteiger charge is -2.04. The summed E-state index contributed by atoms with van der Waals surface area (Å²) in [5.74, 6) is 0.931. The smallest absolute Gasteiger partial charge is 0.151 e. The van der Waals surface area contributed by atoms with E-state index in [9.17, 15) is 5.11 Å². The number of aromatic amines is 1. The molecule has 1 heterocycles. The standard InChI is InChI=1S/C15H14N2O2/c1-19-15-11-8-14(9-2-4-10(18)5-3-9)17-13(11)7-6-12(15)16/h2-8,17-18H,16H2,1H3. The number of rotatable bonds is 2. The molecule has 0 atom stereocenters. The predicted octanol–water partition coefficient (Wildman–Crippen LogP) is 3.13. The van der Waals surface area contributed by atoms with Gasteiger partial charge in [0, 0.05) is 16.6 Å². The molecule has 0 aliphatic rings. The molecule has 1 aromatic heterocycles. The van der Waals surface area contributed by atoms with Crippen LogP contribution >= 0.6 is 0 Å². The minimum atomic E-state index is 0.252. The van der Waals surface area contributed by atoms with Gasteiger partial charge in [-0.1, -0.05) is 0 Å². The SMILES string of the molecule is COc1c(N)ccc2[nH]c(-c3ccc(O)cc3)cc12. The van der Waals surface area contributed by atoms with Crippen LogP contribution in [0.15, 0.2) is 42.5 Å². The lowest BCUT2D eigenvalue weighted by atomic mass is 10.1. The van der Waals surface area contributed by atoms with Crippen molar-refractivity contribution in [2.24, 2.45) is 0 Å². The Morgan fingerprint density at radius 2 is 1.84 bits per heavy atom. The zero-order chi connectivity index (χ0) is 13.4. The molecule has 3 aromatic rings. The van der Waals surface area contributed by atoms with Gasteiger partial charge in [0.25, 0.3) is 0 Å². The van der Waals surface area contributed by atoms with Gasteiger partial charge in [0.2, 0.25) is 0 Å². The second-order valence-corrected chi connectivity index (χ2v) is 4.38. The maximum Gasteiger partial charge on any atom is 0.151 e. The third kappa shape index (κ3) is 1.87. The van der Waals surface area contributed by atoms with E-state index in [4.69, 9.17) is 10.5 Å². The molecule has 0 amide bonds. The summed E-state index contributed by atoms with van der Waals surface area (Å²) >= 11 is 0. The monoisotopic (exact) mass is 254 g/mol. The molecule has 0 spiro atoms. The first-order valence-electron chi connectivity index (χ1n) is 5.93. The maximum absolute atomic E-state index is 9.32. The lowest BCUT2D eigenvalue weighted by Crippen LogP contribution is -1.91. The van der Waals surface area contributed by atoms with E-state index >= 15 is 0 Å². The summed E-state index contributed by atoms with van der Waals surface area (Å²) in [6.45, 7) is 0. The highest BCUT2D eigenvalue weighted by Gasteiger charge is 2.10. The van der Waals surface area contributed by atoms with Gasteiger partial charge in [0.1, 0.15) is 5.75 Å². The van der Waals surface area contributed by atoms with Gasteiger partial charge in [0.15, 0.2) is 5.75 Å². The molecule has 4 N–H and O–H groups in total. The third-order valence-electron chi connectivity index (χ3n) is 3.17. The van der Waals surface area contributed by atoms with Crippen molar-refractivity contribution < 1.29 is 9.84 Å². The molecule has 3 rings (SSSR count). The number of methoxy groups -OCH3 is 1. The zero-order valence-corrected chi connectivity index (χ0v) is 10.5. The number of aromatic nitrogens is 1. The highest BCUT2D eigenvalue weighted by molar-refractivity contribution is 5.94. The van der Waals surface area contributed by atoms with Crippen molar-refractivity contribution in [1.82, 2.24) is 4.98 Å². The van der Waals surface area contributed by atoms with Gasteiger partial charge < -0.3 is 20.6 Å². The number of benzene rings is 2. The van der Waals surface area contributed by atoms with E-state index in [1.807, 2.05) is 30.3 Å². The second kappa shape index (κ2) is 4.24. The molecule has 0 aliphatic heterocycles. The van der Waals surface area contributed by atoms with Gasteiger partial charge in [-0.25, -0.2) is 0 Å². The van der Waals surface area contributed by atoms with E-state index < -0.39 is 0 Å². The van der Waals surface area contributed by atoms with Gasteiger partial charge in [-0.2, -0.15) is 0 Å². The molecule has 0 fully saturated rings. The molecular formula is C15H14N2O2. The van der Waals surface area contributed by atoms with E-state index in [-0.39, 0.29) is 5.75 Å². The van der Waals surface area contributed by atoms with Crippen molar-refractivity contribution in [1.29, 1.82) is 0 Å². The number of phenols is 1. The molecule has 2 aromatic carbocycles. The Hall–Kier alpha value is -2.62. The maximum atomic E-state index is 9.32. The van der Waals surface area contributed by atoms with Gasteiger partial charge in [-0.15, -0.1) is 0 Å². The number of nitrogens with two attached hydrogens (primary N) is 1.